The van der Waals surface area contributed by atoms with Gasteiger partial charge in [-0.2, -0.15) is 0 Å². The maximum atomic E-state index is 11.9. The van der Waals surface area contributed by atoms with Crippen LogP contribution in [-0.4, -0.2) is 30.0 Å². The summed E-state index contributed by atoms with van der Waals surface area (Å²) >= 11 is 0. The van der Waals surface area contributed by atoms with E-state index in [-0.39, 0.29) is 5.91 Å². The molecule has 2 heterocycles. The van der Waals surface area contributed by atoms with Crippen molar-refractivity contribution < 1.29 is 4.79 Å². The maximum Gasteiger partial charge on any atom is 0.253 e. The summed E-state index contributed by atoms with van der Waals surface area (Å²) in [5.41, 5.74) is 1.52. The highest BCUT2D eigenvalue weighted by atomic mass is 16.1. The van der Waals surface area contributed by atoms with E-state index in [1.807, 2.05) is 37.2 Å². The molecule has 0 saturated carbocycles. The minimum Gasteiger partial charge on any atom is -0.363 e. The molecule has 5 heteroatoms. The number of carbonyl (C=O) groups excluding carboxylic acids is 1. The van der Waals surface area contributed by atoms with Crippen molar-refractivity contribution in [2.24, 2.45) is 0 Å². The molecule has 5 nitrogen and oxygen atoms in total. The Bertz CT molecular complexity index is 537. The molecule has 0 aliphatic carbocycles. The summed E-state index contributed by atoms with van der Waals surface area (Å²) in [6.07, 6.45) is 5.01. The van der Waals surface area contributed by atoms with Crippen LogP contribution in [0.2, 0.25) is 0 Å². The number of nitrogens with zero attached hydrogens (tertiary/aromatic N) is 3. The highest BCUT2D eigenvalue weighted by Gasteiger charge is 2.06. The van der Waals surface area contributed by atoms with Crippen molar-refractivity contribution in [3.63, 3.8) is 0 Å². The Labute approximate surface area is 112 Å². The van der Waals surface area contributed by atoms with Crippen molar-refractivity contribution in [2.45, 2.75) is 6.54 Å². The van der Waals surface area contributed by atoms with Crippen LogP contribution in [-0.2, 0) is 6.54 Å². The van der Waals surface area contributed by atoms with Gasteiger partial charge in [0.15, 0.2) is 0 Å². The standard InChI is InChI=1S/C14H16N4O/c1-18(2)13-6-5-12(10-16-13)14(19)17-9-11-4-3-7-15-8-11/h3-8,10H,9H2,1-2H3,(H,17,19). The van der Waals surface area contributed by atoms with Gasteiger partial charge in [-0.05, 0) is 23.8 Å². The number of rotatable bonds is 4. The van der Waals surface area contributed by atoms with Gasteiger partial charge in [-0.15, -0.1) is 0 Å². The second kappa shape index (κ2) is 5.95. The first kappa shape index (κ1) is 13.0. The van der Waals surface area contributed by atoms with E-state index < -0.39 is 0 Å². The van der Waals surface area contributed by atoms with Gasteiger partial charge in [0, 0.05) is 39.2 Å². The largest absolute Gasteiger partial charge is 0.363 e. The molecule has 2 aromatic heterocycles. The van der Waals surface area contributed by atoms with Gasteiger partial charge < -0.3 is 10.2 Å². The summed E-state index contributed by atoms with van der Waals surface area (Å²) in [5.74, 6) is 0.686. The van der Waals surface area contributed by atoms with Crippen molar-refractivity contribution in [3.05, 3.63) is 54.0 Å². The monoisotopic (exact) mass is 256 g/mol. The molecule has 0 saturated heterocycles. The zero-order valence-corrected chi connectivity index (χ0v) is 11.0. The fourth-order valence-electron chi connectivity index (χ4n) is 1.57. The molecule has 0 unspecified atom stereocenters. The Morgan fingerprint density at radius 2 is 2.11 bits per heavy atom. The number of hydrogen-bond acceptors (Lipinski definition) is 4. The topological polar surface area (TPSA) is 58.1 Å². The zero-order valence-electron chi connectivity index (χ0n) is 11.0. The highest BCUT2D eigenvalue weighted by Crippen LogP contribution is 2.07. The number of pyridine rings is 2. The van der Waals surface area contributed by atoms with E-state index in [2.05, 4.69) is 15.3 Å². The average Bonchev–Trinajstić information content (AvgIpc) is 2.46. The molecule has 0 fully saturated rings. The fourth-order valence-corrected chi connectivity index (χ4v) is 1.57. The molecule has 0 aromatic carbocycles. The minimum atomic E-state index is -0.137. The number of aromatic nitrogens is 2. The number of nitrogens with one attached hydrogen (secondary N) is 1. The molecule has 98 valence electrons. The Kier molecular flexibility index (Phi) is 4.07. The van der Waals surface area contributed by atoms with Crippen molar-refractivity contribution in [2.75, 3.05) is 19.0 Å². The lowest BCUT2D eigenvalue weighted by Crippen LogP contribution is -2.23. The summed E-state index contributed by atoms with van der Waals surface area (Å²) in [6, 6.07) is 7.34. The number of amides is 1. The smallest absolute Gasteiger partial charge is 0.253 e. The molecular formula is C14H16N4O. The predicted molar refractivity (Wildman–Crippen MR) is 74.0 cm³/mol. The van der Waals surface area contributed by atoms with Gasteiger partial charge in [0.25, 0.3) is 5.91 Å². The van der Waals surface area contributed by atoms with Crippen LogP contribution in [0.5, 0.6) is 0 Å². The quantitative estimate of drug-likeness (QED) is 0.900. The van der Waals surface area contributed by atoms with Crippen molar-refractivity contribution in [3.8, 4) is 0 Å². The molecule has 0 atom stereocenters. The average molecular weight is 256 g/mol. The molecule has 2 rings (SSSR count). The third-order valence-electron chi connectivity index (χ3n) is 2.64. The predicted octanol–water partition coefficient (Wildman–Crippen LogP) is 1.47. The molecule has 0 aliphatic rings. The molecule has 0 aliphatic heterocycles. The molecule has 0 spiro atoms. The first-order valence-electron chi connectivity index (χ1n) is 5.97. The molecule has 1 amide bonds. The van der Waals surface area contributed by atoms with E-state index in [4.69, 9.17) is 0 Å². The van der Waals surface area contributed by atoms with E-state index in [9.17, 15) is 4.79 Å². The van der Waals surface area contributed by atoms with E-state index in [1.165, 1.54) is 0 Å². The van der Waals surface area contributed by atoms with E-state index in [1.54, 1.807) is 24.7 Å². The normalized spacial score (nSPS) is 10.0. The molecule has 19 heavy (non-hydrogen) atoms. The second-order valence-corrected chi connectivity index (χ2v) is 4.34. The number of hydrogen-bond donors (Lipinski definition) is 1. The van der Waals surface area contributed by atoms with Gasteiger partial charge in [0.1, 0.15) is 5.82 Å². The molecular weight excluding hydrogens is 240 g/mol. The molecule has 0 bridgehead atoms. The lowest BCUT2D eigenvalue weighted by Gasteiger charge is -2.11. The maximum absolute atomic E-state index is 11.9. The van der Waals surface area contributed by atoms with Crippen LogP contribution in [0.3, 0.4) is 0 Å². The van der Waals surface area contributed by atoms with E-state index in [0.717, 1.165) is 11.4 Å². The fraction of sp³-hybridized carbons (Fsp3) is 0.214. The number of anilines is 1. The summed E-state index contributed by atoms with van der Waals surface area (Å²) in [7, 11) is 3.81. The lowest BCUT2D eigenvalue weighted by atomic mass is 10.2. The highest BCUT2D eigenvalue weighted by molar-refractivity contribution is 5.93. The van der Waals surface area contributed by atoms with Crippen LogP contribution in [0.15, 0.2) is 42.9 Å². The molecule has 2 aromatic rings. The number of carbonyl (C=O) groups is 1. The van der Waals surface area contributed by atoms with Crippen LogP contribution in [0.4, 0.5) is 5.82 Å². The molecule has 1 N–H and O–H groups in total. The van der Waals surface area contributed by atoms with Gasteiger partial charge in [-0.1, -0.05) is 6.07 Å². The third-order valence-corrected chi connectivity index (χ3v) is 2.64. The van der Waals surface area contributed by atoms with Crippen molar-refractivity contribution in [1.29, 1.82) is 0 Å². The third kappa shape index (κ3) is 3.51. The summed E-state index contributed by atoms with van der Waals surface area (Å²) in [6.45, 7) is 0.460. The minimum absolute atomic E-state index is 0.137. The Morgan fingerprint density at radius 3 is 2.68 bits per heavy atom. The van der Waals surface area contributed by atoms with Crippen LogP contribution in [0, 0.1) is 0 Å². The van der Waals surface area contributed by atoms with Crippen LogP contribution in [0.25, 0.3) is 0 Å². The van der Waals surface area contributed by atoms with Gasteiger partial charge in [-0.25, -0.2) is 4.98 Å². The van der Waals surface area contributed by atoms with Gasteiger partial charge in [0.05, 0.1) is 5.56 Å². The van der Waals surface area contributed by atoms with Gasteiger partial charge in [0.2, 0.25) is 0 Å². The van der Waals surface area contributed by atoms with Crippen LogP contribution >= 0.6 is 0 Å². The zero-order chi connectivity index (χ0) is 13.7. The first-order chi connectivity index (χ1) is 9.16. The summed E-state index contributed by atoms with van der Waals surface area (Å²) < 4.78 is 0. The Balaban J connectivity index is 1.96. The van der Waals surface area contributed by atoms with Crippen molar-refractivity contribution >= 4 is 11.7 Å². The van der Waals surface area contributed by atoms with Crippen LogP contribution < -0.4 is 10.2 Å². The second-order valence-electron chi connectivity index (χ2n) is 4.34. The van der Waals surface area contributed by atoms with Gasteiger partial charge in [-0.3, -0.25) is 9.78 Å². The lowest BCUT2D eigenvalue weighted by molar-refractivity contribution is 0.0950. The SMILES string of the molecule is CN(C)c1ccc(C(=O)NCc2cccnc2)cn1. The summed E-state index contributed by atoms with van der Waals surface area (Å²) in [5, 5.41) is 2.83. The molecule has 0 radical (unpaired) electrons. The van der Waals surface area contributed by atoms with E-state index in [0.29, 0.717) is 12.1 Å². The Hall–Kier alpha value is -2.43. The Morgan fingerprint density at radius 1 is 1.26 bits per heavy atom. The first-order valence-corrected chi connectivity index (χ1v) is 5.97. The summed E-state index contributed by atoms with van der Waals surface area (Å²) in [4.78, 5) is 22.0. The van der Waals surface area contributed by atoms with Gasteiger partial charge >= 0.3 is 0 Å². The van der Waals surface area contributed by atoms with E-state index >= 15 is 0 Å². The van der Waals surface area contributed by atoms with Crippen molar-refractivity contribution in [1.82, 2.24) is 15.3 Å². The van der Waals surface area contributed by atoms with Crippen LogP contribution in [0.1, 0.15) is 15.9 Å².